The van der Waals surface area contributed by atoms with Crippen LogP contribution in [0.5, 0.6) is 0 Å². The van der Waals surface area contributed by atoms with Gasteiger partial charge in [-0.2, -0.15) is 0 Å². The van der Waals surface area contributed by atoms with Gasteiger partial charge in [0.25, 0.3) is 0 Å². The molecule has 2 aliphatic rings. The molecular weight excluding hydrogens is 334 g/mol. The summed E-state index contributed by atoms with van der Waals surface area (Å²) in [5.74, 6) is 0.353. The summed E-state index contributed by atoms with van der Waals surface area (Å²) in [7, 11) is 0. The normalized spacial score (nSPS) is 24.6. The maximum Gasteiger partial charge on any atom is 0.225 e. The van der Waals surface area contributed by atoms with Crippen molar-refractivity contribution >= 4 is 27.7 Å². The summed E-state index contributed by atoms with van der Waals surface area (Å²) in [5, 5.41) is 5.66. The van der Waals surface area contributed by atoms with Crippen molar-refractivity contribution in [2.24, 2.45) is 5.92 Å². The topological polar surface area (TPSA) is 49.8 Å². The van der Waals surface area contributed by atoms with Crippen molar-refractivity contribution in [1.29, 1.82) is 0 Å². The van der Waals surface area contributed by atoms with Crippen LogP contribution in [-0.2, 0) is 11.2 Å². The maximum atomic E-state index is 12.9. The van der Waals surface area contributed by atoms with Crippen molar-refractivity contribution in [2.45, 2.75) is 24.8 Å². The molecule has 4 aromatic rings. The summed E-state index contributed by atoms with van der Waals surface area (Å²) in [6.07, 6.45) is 6.33. The van der Waals surface area contributed by atoms with Crippen LogP contribution in [0.25, 0.3) is 21.8 Å². The molecule has 3 atom stereocenters. The highest BCUT2D eigenvalue weighted by Gasteiger charge is 2.43. The van der Waals surface area contributed by atoms with E-state index in [9.17, 15) is 4.79 Å². The van der Waals surface area contributed by atoms with E-state index in [2.05, 4.69) is 69.7 Å². The molecule has 2 N–H and O–H groups in total. The van der Waals surface area contributed by atoms with E-state index in [0.29, 0.717) is 6.54 Å². The Morgan fingerprint density at radius 2 is 1.96 bits per heavy atom. The van der Waals surface area contributed by atoms with Crippen molar-refractivity contribution in [3.8, 4) is 0 Å². The number of benzene rings is 2. The number of rotatable bonds is 2. The highest BCUT2D eigenvalue weighted by Crippen LogP contribution is 2.44. The minimum absolute atomic E-state index is 0.0341. The van der Waals surface area contributed by atoms with Gasteiger partial charge in [-0.1, -0.05) is 36.4 Å². The van der Waals surface area contributed by atoms with Crippen LogP contribution in [0, 0.1) is 5.92 Å². The van der Waals surface area contributed by atoms with Gasteiger partial charge in [0.2, 0.25) is 5.91 Å². The number of nitrogens with one attached hydrogen (secondary N) is 2. The number of para-hydroxylation sites is 2. The number of fused-ring (bicyclic) bond motifs is 1. The molecule has 1 amide bonds. The average molecular weight is 355 g/mol. The Labute approximate surface area is 157 Å². The molecule has 27 heavy (non-hydrogen) atoms. The third kappa shape index (κ3) is 2.07. The van der Waals surface area contributed by atoms with Gasteiger partial charge in [0.1, 0.15) is 0 Å². The first-order chi connectivity index (χ1) is 13.3. The maximum absolute atomic E-state index is 12.9. The van der Waals surface area contributed by atoms with Crippen LogP contribution in [0.3, 0.4) is 0 Å². The predicted molar refractivity (Wildman–Crippen MR) is 107 cm³/mol. The van der Waals surface area contributed by atoms with Crippen LogP contribution >= 0.6 is 0 Å². The lowest BCUT2D eigenvalue weighted by molar-refractivity contribution is -0.123. The summed E-state index contributed by atoms with van der Waals surface area (Å²) in [5.41, 5.74) is 5.11. The number of nitrogens with zero attached hydrogens (tertiary/aromatic N) is 1. The molecule has 4 heterocycles. The van der Waals surface area contributed by atoms with Crippen LogP contribution < -0.4 is 5.32 Å². The second-order valence-corrected chi connectivity index (χ2v) is 7.85. The van der Waals surface area contributed by atoms with Crippen LogP contribution in [-0.4, -0.2) is 22.0 Å². The molecule has 2 aromatic heterocycles. The third-order valence-electron chi connectivity index (χ3n) is 6.56. The highest BCUT2D eigenvalue weighted by molar-refractivity contribution is 5.89. The van der Waals surface area contributed by atoms with Gasteiger partial charge in [-0.15, -0.1) is 0 Å². The quantitative estimate of drug-likeness (QED) is 0.558. The van der Waals surface area contributed by atoms with E-state index in [0.717, 1.165) is 18.4 Å². The van der Waals surface area contributed by atoms with Crippen molar-refractivity contribution in [3.63, 3.8) is 0 Å². The zero-order valence-corrected chi connectivity index (χ0v) is 15.0. The summed E-state index contributed by atoms with van der Waals surface area (Å²) in [6.45, 7) is 0.716. The fourth-order valence-corrected chi connectivity index (χ4v) is 5.35. The van der Waals surface area contributed by atoms with Crippen LogP contribution in [0.2, 0.25) is 0 Å². The number of aryl methyl sites for hydroxylation is 1. The zero-order chi connectivity index (χ0) is 18.0. The van der Waals surface area contributed by atoms with E-state index < -0.39 is 0 Å². The number of hydrogen-bond donors (Lipinski definition) is 2. The van der Waals surface area contributed by atoms with Crippen LogP contribution in [0.15, 0.2) is 60.9 Å². The molecule has 1 fully saturated rings. The molecule has 0 radical (unpaired) electrons. The molecule has 0 saturated carbocycles. The molecule has 1 saturated heterocycles. The Hall–Kier alpha value is -3.01. The highest BCUT2D eigenvalue weighted by atomic mass is 16.2. The van der Waals surface area contributed by atoms with E-state index in [1.807, 2.05) is 6.07 Å². The Morgan fingerprint density at radius 1 is 1.04 bits per heavy atom. The number of aromatic nitrogens is 2. The summed E-state index contributed by atoms with van der Waals surface area (Å²) in [4.78, 5) is 16.3. The van der Waals surface area contributed by atoms with Gasteiger partial charge in [0.15, 0.2) is 0 Å². The van der Waals surface area contributed by atoms with E-state index in [-0.39, 0.29) is 23.8 Å². The van der Waals surface area contributed by atoms with E-state index in [4.69, 9.17) is 0 Å². The Morgan fingerprint density at radius 3 is 2.93 bits per heavy atom. The number of hydrogen-bond acceptors (Lipinski definition) is 1. The SMILES string of the molecule is O=C1NC[C@@H](c2c[nH]c3ccccc23)[C@H]1C1CCc2cccc3ccn1c23. The molecule has 134 valence electrons. The molecule has 2 aromatic carbocycles. The Kier molecular flexibility index (Phi) is 3.07. The molecular formula is C23H21N3O. The lowest BCUT2D eigenvalue weighted by Crippen LogP contribution is -2.31. The zero-order valence-electron chi connectivity index (χ0n) is 15.0. The fourth-order valence-electron chi connectivity index (χ4n) is 5.35. The van der Waals surface area contributed by atoms with Gasteiger partial charge in [-0.25, -0.2) is 0 Å². The van der Waals surface area contributed by atoms with Crippen molar-refractivity contribution in [1.82, 2.24) is 14.9 Å². The molecule has 0 aliphatic carbocycles. The molecule has 0 spiro atoms. The fraction of sp³-hybridized carbons (Fsp3) is 0.261. The molecule has 6 rings (SSSR count). The summed E-state index contributed by atoms with van der Waals surface area (Å²) < 4.78 is 2.37. The summed E-state index contributed by atoms with van der Waals surface area (Å²) >= 11 is 0. The first-order valence-electron chi connectivity index (χ1n) is 9.73. The smallest absolute Gasteiger partial charge is 0.225 e. The van der Waals surface area contributed by atoms with Gasteiger partial charge in [-0.05, 0) is 41.5 Å². The van der Waals surface area contributed by atoms with Gasteiger partial charge in [-0.3, -0.25) is 4.79 Å². The lowest BCUT2D eigenvalue weighted by Gasteiger charge is -2.32. The van der Waals surface area contributed by atoms with Gasteiger partial charge < -0.3 is 14.9 Å². The number of carbonyl (C=O) groups is 1. The minimum Gasteiger partial charge on any atom is -0.361 e. The third-order valence-corrected chi connectivity index (χ3v) is 6.56. The van der Waals surface area contributed by atoms with Crippen LogP contribution in [0.4, 0.5) is 0 Å². The van der Waals surface area contributed by atoms with Crippen molar-refractivity contribution in [2.75, 3.05) is 6.54 Å². The lowest BCUT2D eigenvalue weighted by atomic mass is 9.80. The second kappa shape index (κ2) is 5.49. The molecule has 1 unspecified atom stereocenters. The monoisotopic (exact) mass is 355 g/mol. The standard InChI is InChI=1S/C23H21N3O/c27-23-21(18(13-25-23)17-12-24-19-7-2-1-6-16(17)19)20-9-8-14-4-3-5-15-10-11-26(20)22(14)15/h1-7,10-12,18,20-21,24H,8-9,13H2,(H,25,27)/t18-,20?,21-/m0/s1. The number of H-pyrrole nitrogens is 1. The molecule has 4 nitrogen and oxygen atoms in total. The van der Waals surface area contributed by atoms with E-state index in [1.54, 1.807) is 0 Å². The van der Waals surface area contributed by atoms with Crippen molar-refractivity contribution in [3.05, 3.63) is 72.1 Å². The average Bonchev–Trinajstić information content (AvgIpc) is 3.41. The van der Waals surface area contributed by atoms with E-state index >= 15 is 0 Å². The first-order valence-corrected chi connectivity index (χ1v) is 9.73. The van der Waals surface area contributed by atoms with Crippen LogP contribution in [0.1, 0.15) is 29.5 Å². The minimum atomic E-state index is -0.0341. The van der Waals surface area contributed by atoms with Gasteiger partial charge in [0, 0.05) is 41.8 Å². The van der Waals surface area contributed by atoms with Gasteiger partial charge in [0.05, 0.1) is 11.4 Å². The first kappa shape index (κ1) is 15.1. The Balaban J connectivity index is 1.48. The van der Waals surface area contributed by atoms with Gasteiger partial charge >= 0.3 is 0 Å². The largest absolute Gasteiger partial charge is 0.361 e. The molecule has 2 aliphatic heterocycles. The number of carbonyl (C=O) groups excluding carboxylic acids is 1. The molecule has 4 heteroatoms. The predicted octanol–water partition coefficient (Wildman–Crippen LogP) is 4.14. The summed E-state index contributed by atoms with van der Waals surface area (Å²) in [6, 6.07) is 17.3. The number of aromatic amines is 1. The molecule has 0 bridgehead atoms. The number of amides is 1. The second-order valence-electron chi connectivity index (χ2n) is 7.85. The Bertz CT molecular complexity index is 1180. The van der Waals surface area contributed by atoms with E-state index in [1.165, 1.54) is 27.4 Å². The van der Waals surface area contributed by atoms with Crippen molar-refractivity contribution < 1.29 is 4.79 Å².